The summed E-state index contributed by atoms with van der Waals surface area (Å²) in [6, 6.07) is 11.5. The van der Waals surface area contributed by atoms with E-state index in [1.165, 1.54) is 24.8 Å². The maximum atomic E-state index is 11.3. The predicted octanol–water partition coefficient (Wildman–Crippen LogP) is 4.60. The van der Waals surface area contributed by atoms with E-state index in [1.807, 2.05) is 6.07 Å². The number of hydrogen-bond donors (Lipinski definition) is 0. The fourth-order valence-corrected chi connectivity index (χ4v) is 2.84. The van der Waals surface area contributed by atoms with E-state index in [9.17, 15) is 14.9 Å². The minimum absolute atomic E-state index is 0.0809. The lowest BCUT2D eigenvalue weighted by Crippen LogP contribution is -1.96. The second-order valence-corrected chi connectivity index (χ2v) is 5.61. The van der Waals surface area contributed by atoms with Crippen molar-refractivity contribution in [3.63, 3.8) is 0 Å². The molecular formula is C14H10ClNO3S. The molecule has 0 spiro atoms. The van der Waals surface area contributed by atoms with Gasteiger partial charge in [0.25, 0.3) is 5.69 Å². The van der Waals surface area contributed by atoms with Crippen molar-refractivity contribution >= 4 is 34.8 Å². The van der Waals surface area contributed by atoms with Gasteiger partial charge >= 0.3 is 0 Å². The van der Waals surface area contributed by atoms with Gasteiger partial charge < -0.3 is 0 Å². The first-order valence-corrected chi connectivity index (χ1v) is 6.89. The van der Waals surface area contributed by atoms with E-state index in [2.05, 4.69) is 0 Å². The van der Waals surface area contributed by atoms with E-state index in [0.29, 0.717) is 15.5 Å². The van der Waals surface area contributed by atoms with Crippen LogP contribution in [0.5, 0.6) is 0 Å². The van der Waals surface area contributed by atoms with Crippen molar-refractivity contribution in [2.75, 3.05) is 0 Å². The first-order chi connectivity index (χ1) is 9.47. The number of halogens is 1. The van der Waals surface area contributed by atoms with Gasteiger partial charge in [-0.2, -0.15) is 0 Å². The molecule has 0 amide bonds. The topological polar surface area (TPSA) is 60.2 Å². The van der Waals surface area contributed by atoms with Gasteiger partial charge in [-0.05, 0) is 37.3 Å². The Morgan fingerprint density at radius 2 is 2.00 bits per heavy atom. The lowest BCUT2D eigenvalue weighted by molar-refractivity contribution is -0.387. The summed E-state index contributed by atoms with van der Waals surface area (Å²) in [4.78, 5) is 23.2. The van der Waals surface area contributed by atoms with Crippen molar-refractivity contribution in [3.8, 4) is 0 Å². The molecule has 0 aliphatic rings. The normalized spacial score (nSPS) is 10.3. The molecule has 4 nitrogen and oxygen atoms in total. The molecule has 2 aromatic carbocycles. The van der Waals surface area contributed by atoms with Crippen LogP contribution >= 0.6 is 23.4 Å². The fraction of sp³-hybridized carbons (Fsp3) is 0.0714. The van der Waals surface area contributed by atoms with E-state index in [-0.39, 0.29) is 11.5 Å². The maximum Gasteiger partial charge on any atom is 0.283 e. The van der Waals surface area contributed by atoms with Crippen molar-refractivity contribution < 1.29 is 9.72 Å². The van der Waals surface area contributed by atoms with Crippen LogP contribution in [0.4, 0.5) is 5.69 Å². The molecule has 0 unspecified atom stereocenters. The van der Waals surface area contributed by atoms with E-state index in [1.54, 1.807) is 30.3 Å². The number of benzene rings is 2. The Labute approximate surface area is 124 Å². The zero-order chi connectivity index (χ0) is 14.7. The first kappa shape index (κ1) is 14.6. The number of hydrogen-bond acceptors (Lipinski definition) is 4. The average molecular weight is 308 g/mol. The molecule has 2 rings (SSSR count). The smallest absolute Gasteiger partial charge is 0.283 e. The Balaban J connectivity index is 2.41. The van der Waals surface area contributed by atoms with Gasteiger partial charge in [-0.1, -0.05) is 29.4 Å². The Kier molecular flexibility index (Phi) is 4.42. The fourth-order valence-electron chi connectivity index (χ4n) is 1.62. The largest absolute Gasteiger partial charge is 0.295 e. The monoisotopic (exact) mass is 307 g/mol. The molecule has 2 aromatic rings. The molecule has 6 heteroatoms. The van der Waals surface area contributed by atoms with Gasteiger partial charge in [-0.15, -0.1) is 0 Å². The van der Waals surface area contributed by atoms with Crippen LogP contribution in [0.15, 0.2) is 52.3 Å². The van der Waals surface area contributed by atoms with E-state index in [4.69, 9.17) is 11.6 Å². The second kappa shape index (κ2) is 6.07. The highest BCUT2D eigenvalue weighted by Gasteiger charge is 2.17. The van der Waals surface area contributed by atoms with Gasteiger partial charge in [0.15, 0.2) is 5.78 Å². The van der Waals surface area contributed by atoms with Crippen molar-refractivity contribution in [1.82, 2.24) is 0 Å². The molecule has 20 heavy (non-hydrogen) atoms. The Bertz CT molecular complexity index is 688. The molecule has 0 aromatic heterocycles. The molecule has 0 atom stereocenters. The predicted molar refractivity (Wildman–Crippen MR) is 78.7 cm³/mol. The molecule has 0 N–H and O–H groups in total. The number of rotatable bonds is 4. The summed E-state index contributed by atoms with van der Waals surface area (Å²) in [5.41, 5.74) is 0.245. The lowest BCUT2D eigenvalue weighted by Gasteiger charge is -2.05. The van der Waals surface area contributed by atoms with Crippen molar-refractivity contribution in [2.24, 2.45) is 0 Å². The van der Waals surface area contributed by atoms with Crippen molar-refractivity contribution in [2.45, 2.75) is 16.7 Å². The Hall–Kier alpha value is -1.85. The van der Waals surface area contributed by atoms with Crippen LogP contribution in [-0.4, -0.2) is 10.7 Å². The Morgan fingerprint density at radius 3 is 2.60 bits per heavy atom. The van der Waals surface area contributed by atoms with Crippen LogP contribution in [0.25, 0.3) is 0 Å². The van der Waals surface area contributed by atoms with E-state index in [0.717, 1.165) is 4.90 Å². The summed E-state index contributed by atoms with van der Waals surface area (Å²) in [6.07, 6.45) is 0. The van der Waals surface area contributed by atoms with Crippen molar-refractivity contribution in [3.05, 3.63) is 63.2 Å². The zero-order valence-electron chi connectivity index (χ0n) is 10.5. The molecule has 0 saturated heterocycles. The first-order valence-electron chi connectivity index (χ1n) is 5.70. The third-order valence-electron chi connectivity index (χ3n) is 2.59. The highest BCUT2D eigenvalue weighted by molar-refractivity contribution is 7.99. The standard InChI is InChI=1S/C14H10ClNO3S/c1-9(17)10-5-6-14(13(7-10)16(18)19)20-12-4-2-3-11(15)8-12/h2-8H,1H3. The van der Waals surface area contributed by atoms with Gasteiger partial charge in [0, 0.05) is 21.5 Å². The molecule has 0 bridgehead atoms. The number of carbonyl (C=O) groups excluding carboxylic acids is 1. The van der Waals surface area contributed by atoms with Crippen molar-refractivity contribution in [1.29, 1.82) is 0 Å². The number of nitrogens with zero attached hydrogens (tertiary/aromatic N) is 1. The summed E-state index contributed by atoms with van der Waals surface area (Å²) in [7, 11) is 0. The van der Waals surface area contributed by atoms with Crippen LogP contribution in [0.1, 0.15) is 17.3 Å². The van der Waals surface area contributed by atoms with Crippen LogP contribution in [0, 0.1) is 10.1 Å². The zero-order valence-corrected chi connectivity index (χ0v) is 12.1. The minimum Gasteiger partial charge on any atom is -0.295 e. The van der Waals surface area contributed by atoms with E-state index < -0.39 is 4.92 Å². The number of nitro benzene ring substituents is 1. The molecule has 0 aliphatic carbocycles. The quantitative estimate of drug-likeness (QED) is 0.470. The molecule has 0 aliphatic heterocycles. The third kappa shape index (κ3) is 3.37. The molecule has 0 saturated carbocycles. The highest BCUT2D eigenvalue weighted by Crippen LogP contribution is 2.36. The van der Waals surface area contributed by atoms with Crippen LogP contribution < -0.4 is 0 Å². The third-order valence-corrected chi connectivity index (χ3v) is 3.88. The second-order valence-electron chi connectivity index (χ2n) is 4.06. The summed E-state index contributed by atoms with van der Waals surface area (Å²) in [5.74, 6) is -0.201. The number of carbonyl (C=O) groups is 1. The number of nitro groups is 1. The SMILES string of the molecule is CC(=O)c1ccc(Sc2cccc(Cl)c2)c([N+](=O)[O-])c1. The molecule has 0 heterocycles. The van der Waals surface area contributed by atoms with Gasteiger partial charge in [0.05, 0.1) is 9.82 Å². The number of Topliss-reactive ketones (excluding diaryl/α,β-unsaturated/α-hetero) is 1. The van der Waals surface area contributed by atoms with Crippen LogP contribution in [0.2, 0.25) is 5.02 Å². The highest BCUT2D eigenvalue weighted by atomic mass is 35.5. The average Bonchev–Trinajstić information content (AvgIpc) is 2.38. The summed E-state index contributed by atoms with van der Waals surface area (Å²) >= 11 is 7.13. The lowest BCUT2D eigenvalue weighted by atomic mass is 10.1. The molecule has 0 radical (unpaired) electrons. The minimum atomic E-state index is -0.487. The maximum absolute atomic E-state index is 11.3. The van der Waals surface area contributed by atoms with Gasteiger partial charge in [-0.3, -0.25) is 14.9 Å². The Morgan fingerprint density at radius 1 is 1.25 bits per heavy atom. The van der Waals surface area contributed by atoms with Gasteiger partial charge in [-0.25, -0.2) is 0 Å². The molecular weight excluding hydrogens is 298 g/mol. The van der Waals surface area contributed by atoms with Gasteiger partial charge in [0.1, 0.15) is 0 Å². The summed E-state index contributed by atoms with van der Waals surface area (Å²) in [5, 5.41) is 11.7. The summed E-state index contributed by atoms with van der Waals surface area (Å²) in [6.45, 7) is 1.38. The van der Waals surface area contributed by atoms with E-state index >= 15 is 0 Å². The molecule has 0 fully saturated rings. The van der Waals surface area contributed by atoms with Crippen LogP contribution in [0.3, 0.4) is 0 Å². The van der Waals surface area contributed by atoms with Crippen LogP contribution in [-0.2, 0) is 0 Å². The summed E-state index contributed by atoms with van der Waals surface area (Å²) < 4.78 is 0. The molecule has 102 valence electrons. The number of ketones is 1. The van der Waals surface area contributed by atoms with Gasteiger partial charge in [0.2, 0.25) is 0 Å².